The lowest BCUT2D eigenvalue weighted by Crippen LogP contribution is -2.36. The quantitative estimate of drug-likeness (QED) is 0.876. The molecule has 0 aliphatic carbocycles. The van der Waals surface area contributed by atoms with E-state index >= 15 is 0 Å². The Hall–Kier alpha value is -1.95. The second kappa shape index (κ2) is 7.17. The highest BCUT2D eigenvalue weighted by atomic mass is 35.5. The number of hydrogen-bond acceptors (Lipinski definition) is 3. The predicted octanol–water partition coefficient (Wildman–Crippen LogP) is 2.59. The normalized spacial score (nSPS) is 11.7. The fourth-order valence-corrected chi connectivity index (χ4v) is 1.95. The summed E-state index contributed by atoms with van der Waals surface area (Å²) < 4.78 is 0. The van der Waals surface area contributed by atoms with Gasteiger partial charge >= 0.3 is 12.0 Å². The van der Waals surface area contributed by atoms with Gasteiger partial charge in [-0.1, -0.05) is 18.5 Å². The Kier molecular flexibility index (Phi) is 5.84. The minimum Gasteiger partial charge on any atom is -0.481 e. The molecule has 1 aromatic rings. The molecule has 0 aliphatic heterocycles. The van der Waals surface area contributed by atoms with Crippen molar-refractivity contribution in [1.29, 1.82) is 0 Å². The molecule has 2 N–H and O–H groups in total. The maximum atomic E-state index is 12.1. The molecule has 6 nitrogen and oxygen atoms in total. The third-order valence-electron chi connectivity index (χ3n) is 3.00. The van der Waals surface area contributed by atoms with Gasteiger partial charge in [0.25, 0.3) is 0 Å². The second-order valence-corrected chi connectivity index (χ2v) is 5.54. The molecule has 0 radical (unpaired) electrons. The standard InChI is InChI=1S/C14H20ClN3O3/c1-9(13(19)20)8-18(4)14(21)16-11-7-10(15)5-6-12(11)17(2)3/h5-7,9H,8H2,1-4H3,(H,16,21)(H,19,20). The number of aliphatic carboxylic acids is 1. The molecule has 2 amide bonds. The average molecular weight is 314 g/mol. The van der Waals surface area contributed by atoms with Crippen molar-refractivity contribution in [2.45, 2.75) is 6.92 Å². The summed E-state index contributed by atoms with van der Waals surface area (Å²) in [4.78, 5) is 26.1. The molecule has 0 aromatic heterocycles. The van der Waals surface area contributed by atoms with Gasteiger partial charge in [0.15, 0.2) is 0 Å². The van der Waals surface area contributed by atoms with E-state index in [1.54, 1.807) is 32.2 Å². The van der Waals surface area contributed by atoms with E-state index in [4.69, 9.17) is 16.7 Å². The Morgan fingerprint density at radius 3 is 2.48 bits per heavy atom. The van der Waals surface area contributed by atoms with E-state index in [1.807, 2.05) is 19.0 Å². The molecular formula is C14H20ClN3O3. The van der Waals surface area contributed by atoms with Crippen molar-refractivity contribution >= 4 is 35.0 Å². The highest BCUT2D eigenvalue weighted by molar-refractivity contribution is 6.31. The van der Waals surface area contributed by atoms with Crippen molar-refractivity contribution in [3.05, 3.63) is 23.2 Å². The number of urea groups is 1. The molecule has 116 valence electrons. The zero-order valence-electron chi connectivity index (χ0n) is 12.6. The Morgan fingerprint density at radius 2 is 1.95 bits per heavy atom. The second-order valence-electron chi connectivity index (χ2n) is 5.11. The SMILES string of the molecule is CC(CN(C)C(=O)Nc1cc(Cl)ccc1N(C)C)C(=O)O. The van der Waals surface area contributed by atoms with Gasteiger partial charge in [-0.15, -0.1) is 0 Å². The number of nitrogens with zero attached hydrogens (tertiary/aromatic N) is 2. The Morgan fingerprint density at radius 1 is 1.33 bits per heavy atom. The molecule has 1 aromatic carbocycles. The number of amides is 2. The lowest BCUT2D eigenvalue weighted by Gasteiger charge is -2.23. The van der Waals surface area contributed by atoms with Crippen LogP contribution in [-0.2, 0) is 4.79 Å². The Balaban J connectivity index is 2.83. The molecule has 0 saturated carbocycles. The van der Waals surface area contributed by atoms with Crippen molar-refractivity contribution in [3.8, 4) is 0 Å². The summed E-state index contributed by atoms with van der Waals surface area (Å²) in [5.74, 6) is -1.57. The molecule has 1 rings (SSSR count). The van der Waals surface area contributed by atoms with Crippen molar-refractivity contribution in [3.63, 3.8) is 0 Å². The van der Waals surface area contributed by atoms with Crippen LogP contribution in [0.15, 0.2) is 18.2 Å². The first-order valence-electron chi connectivity index (χ1n) is 6.44. The fourth-order valence-electron chi connectivity index (χ4n) is 1.78. The van der Waals surface area contributed by atoms with Gasteiger partial charge < -0.3 is 20.2 Å². The number of carboxylic acid groups (broad SMARTS) is 1. The van der Waals surface area contributed by atoms with Gasteiger partial charge in [-0.3, -0.25) is 4.79 Å². The van der Waals surface area contributed by atoms with E-state index in [0.717, 1.165) is 5.69 Å². The first-order valence-corrected chi connectivity index (χ1v) is 6.82. The van der Waals surface area contributed by atoms with Gasteiger partial charge in [0.1, 0.15) is 0 Å². The van der Waals surface area contributed by atoms with Gasteiger partial charge in [0.05, 0.1) is 17.3 Å². The summed E-state index contributed by atoms with van der Waals surface area (Å²) in [5, 5.41) is 12.1. The minimum absolute atomic E-state index is 0.124. The number of halogens is 1. The van der Waals surface area contributed by atoms with Crippen LogP contribution in [-0.4, -0.2) is 49.7 Å². The first-order chi connectivity index (χ1) is 9.72. The van der Waals surface area contributed by atoms with E-state index < -0.39 is 11.9 Å². The van der Waals surface area contributed by atoms with Crippen molar-refractivity contribution in [2.75, 3.05) is 37.9 Å². The van der Waals surface area contributed by atoms with Crippen LogP contribution in [0.5, 0.6) is 0 Å². The maximum absolute atomic E-state index is 12.1. The third-order valence-corrected chi connectivity index (χ3v) is 3.23. The number of carbonyl (C=O) groups is 2. The lowest BCUT2D eigenvalue weighted by atomic mass is 10.2. The number of rotatable bonds is 5. The topological polar surface area (TPSA) is 72.9 Å². The maximum Gasteiger partial charge on any atom is 0.321 e. The molecule has 0 bridgehead atoms. The van der Waals surface area contributed by atoms with Gasteiger partial charge in [-0.2, -0.15) is 0 Å². The molecule has 0 saturated heterocycles. The van der Waals surface area contributed by atoms with Gasteiger partial charge in [0.2, 0.25) is 0 Å². The highest BCUT2D eigenvalue weighted by Crippen LogP contribution is 2.28. The van der Waals surface area contributed by atoms with E-state index in [0.29, 0.717) is 10.7 Å². The third kappa shape index (κ3) is 4.82. The van der Waals surface area contributed by atoms with Crippen LogP contribution in [0.4, 0.5) is 16.2 Å². The monoisotopic (exact) mass is 313 g/mol. The van der Waals surface area contributed by atoms with E-state index in [1.165, 1.54) is 4.90 Å². The molecular weight excluding hydrogens is 294 g/mol. The summed E-state index contributed by atoms with van der Waals surface area (Å²) in [6, 6.07) is 4.82. The zero-order chi connectivity index (χ0) is 16.2. The molecule has 0 aliphatic rings. The molecule has 0 spiro atoms. The summed E-state index contributed by atoms with van der Waals surface area (Å²) in [6.07, 6.45) is 0. The van der Waals surface area contributed by atoms with Gasteiger partial charge in [-0.05, 0) is 18.2 Å². The largest absolute Gasteiger partial charge is 0.481 e. The summed E-state index contributed by atoms with van der Waals surface area (Å²) in [7, 11) is 5.26. The highest BCUT2D eigenvalue weighted by Gasteiger charge is 2.18. The van der Waals surface area contributed by atoms with Crippen LogP contribution in [0, 0.1) is 5.92 Å². The number of benzene rings is 1. The number of carboxylic acids is 1. The van der Waals surface area contributed by atoms with Crippen LogP contribution >= 0.6 is 11.6 Å². The van der Waals surface area contributed by atoms with Crippen molar-refractivity contribution < 1.29 is 14.7 Å². The Labute approximate surface area is 129 Å². The number of anilines is 2. The molecule has 7 heteroatoms. The van der Waals surface area contributed by atoms with Crippen LogP contribution in [0.1, 0.15) is 6.92 Å². The number of nitrogens with one attached hydrogen (secondary N) is 1. The molecule has 21 heavy (non-hydrogen) atoms. The first kappa shape index (κ1) is 17.1. The Bertz CT molecular complexity index is 534. The van der Waals surface area contributed by atoms with E-state index in [9.17, 15) is 9.59 Å². The zero-order valence-corrected chi connectivity index (χ0v) is 13.3. The summed E-state index contributed by atoms with van der Waals surface area (Å²) >= 11 is 5.95. The van der Waals surface area contributed by atoms with Crippen LogP contribution in [0.25, 0.3) is 0 Å². The van der Waals surface area contributed by atoms with Gasteiger partial charge in [0, 0.05) is 32.7 Å². The van der Waals surface area contributed by atoms with E-state index in [2.05, 4.69) is 5.32 Å². The minimum atomic E-state index is -0.939. The van der Waals surface area contributed by atoms with E-state index in [-0.39, 0.29) is 12.6 Å². The summed E-state index contributed by atoms with van der Waals surface area (Å²) in [5.41, 5.74) is 1.39. The predicted molar refractivity (Wildman–Crippen MR) is 84.2 cm³/mol. The molecule has 0 heterocycles. The van der Waals surface area contributed by atoms with Gasteiger partial charge in [-0.25, -0.2) is 4.79 Å². The summed E-state index contributed by atoms with van der Waals surface area (Å²) in [6.45, 7) is 1.68. The molecule has 0 fully saturated rings. The van der Waals surface area contributed by atoms with Crippen LogP contribution in [0.3, 0.4) is 0 Å². The van der Waals surface area contributed by atoms with Crippen molar-refractivity contribution in [1.82, 2.24) is 4.90 Å². The number of hydrogen-bond donors (Lipinski definition) is 2. The fraction of sp³-hybridized carbons (Fsp3) is 0.429. The lowest BCUT2D eigenvalue weighted by molar-refractivity contribution is -0.141. The van der Waals surface area contributed by atoms with Crippen LogP contribution in [0.2, 0.25) is 5.02 Å². The smallest absolute Gasteiger partial charge is 0.321 e. The van der Waals surface area contributed by atoms with Crippen molar-refractivity contribution in [2.24, 2.45) is 5.92 Å². The molecule has 1 atom stereocenters. The number of carbonyl (C=O) groups excluding carboxylic acids is 1. The average Bonchev–Trinajstić information content (AvgIpc) is 2.37. The molecule has 1 unspecified atom stereocenters. The van der Waals surface area contributed by atoms with Crippen LogP contribution < -0.4 is 10.2 Å².